The zero-order valence-corrected chi connectivity index (χ0v) is 14.0. The Morgan fingerprint density at radius 2 is 2.08 bits per heavy atom. The second-order valence-corrected chi connectivity index (χ2v) is 6.31. The van der Waals surface area contributed by atoms with E-state index in [2.05, 4.69) is 20.1 Å². The van der Waals surface area contributed by atoms with Gasteiger partial charge >= 0.3 is 5.97 Å². The number of nitrogens with zero attached hydrogens (tertiary/aromatic N) is 2. The molecule has 0 aliphatic carbocycles. The van der Waals surface area contributed by atoms with Crippen molar-refractivity contribution in [3.05, 3.63) is 34.6 Å². The number of benzene rings is 1. The average Bonchev–Trinajstić information content (AvgIpc) is 3.03. The molecule has 0 unspecified atom stereocenters. The lowest BCUT2D eigenvalue weighted by molar-refractivity contribution is -0.148. The molecule has 2 N–H and O–H groups in total. The summed E-state index contributed by atoms with van der Waals surface area (Å²) in [5, 5.41) is 8.72. The Hall–Kier alpha value is -2.83. The Bertz CT molecular complexity index is 983. The second kappa shape index (κ2) is 6.23. The summed E-state index contributed by atoms with van der Waals surface area (Å²) in [6.07, 6.45) is 1.45. The third-order valence-electron chi connectivity index (χ3n) is 4.83. The van der Waals surface area contributed by atoms with Crippen LogP contribution in [0.15, 0.2) is 29.1 Å². The van der Waals surface area contributed by atoms with Gasteiger partial charge in [0.1, 0.15) is 5.52 Å². The number of piperidine rings is 1. The Kier molecular flexibility index (Phi) is 3.91. The zero-order valence-electron chi connectivity index (χ0n) is 14.0. The molecule has 1 aromatic carbocycles. The van der Waals surface area contributed by atoms with E-state index in [1.54, 1.807) is 0 Å². The third-order valence-corrected chi connectivity index (χ3v) is 4.83. The number of fused-ring (bicyclic) bond motifs is 3. The van der Waals surface area contributed by atoms with E-state index >= 15 is 0 Å². The number of para-hydroxylation sites is 1. The van der Waals surface area contributed by atoms with Crippen LogP contribution in [0.3, 0.4) is 0 Å². The quantitative estimate of drug-likeness (QED) is 0.713. The lowest BCUT2D eigenvalue weighted by Gasteiger charge is -2.31. The Balaban J connectivity index is 1.70. The summed E-state index contributed by atoms with van der Waals surface area (Å²) in [4.78, 5) is 29.4. The summed E-state index contributed by atoms with van der Waals surface area (Å²) >= 11 is 0. The van der Waals surface area contributed by atoms with Crippen molar-refractivity contribution < 1.29 is 9.53 Å². The fourth-order valence-corrected chi connectivity index (χ4v) is 3.58. The molecule has 25 heavy (non-hydrogen) atoms. The van der Waals surface area contributed by atoms with E-state index in [-0.39, 0.29) is 17.4 Å². The minimum absolute atomic E-state index is 0.0579. The van der Waals surface area contributed by atoms with Gasteiger partial charge in [-0.15, -0.1) is 0 Å². The highest BCUT2D eigenvalue weighted by molar-refractivity contribution is 6.12. The number of ether oxygens (including phenoxy) is 1. The van der Waals surface area contributed by atoms with Gasteiger partial charge in [0.2, 0.25) is 0 Å². The summed E-state index contributed by atoms with van der Waals surface area (Å²) in [6.45, 7) is 3.65. The van der Waals surface area contributed by atoms with Gasteiger partial charge in [0.15, 0.2) is 5.82 Å². The molecule has 3 heterocycles. The number of aromatic amines is 2. The van der Waals surface area contributed by atoms with E-state index in [9.17, 15) is 9.59 Å². The van der Waals surface area contributed by atoms with E-state index in [1.165, 1.54) is 0 Å². The summed E-state index contributed by atoms with van der Waals surface area (Å²) in [5.41, 5.74) is 1.23. The van der Waals surface area contributed by atoms with Gasteiger partial charge in [0.25, 0.3) is 5.56 Å². The van der Waals surface area contributed by atoms with Gasteiger partial charge in [-0.05, 0) is 25.8 Å². The van der Waals surface area contributed by atoms with Crippen molar-refractivity contribution in [1.29, 1.82) is 0 Å². The maximum absolute atomic E-state index is 12.2. The van der Waals surface area contributed by atoms with E-state index in [0.717, 1.165) is 34.9 Å². The first-order valence-electron chi connectivity index (χ1n) is 8.59. The van der Waals surface area contributed by atoms with Crippen LogP contribution in [0.1, 0.15) is 19.8 Å². The number of hydrogen-bond acceptors (Lipinski definition) is 5. The first-order chi connectivity index (χ1) is 12.2. The van der Waals surface area contributed by atoms with Gasteiger partial charge in [0, 0.05) is 24.0 Å². The molecule has 0 atom stereocenters. The predicted molar refractivity (Wildman–Crippen MR) is 95.8 cm³/mol. The highest BCUT2D eigenvalue weighted by Crippen LogP contribution is 2.32. The second-order valence-electron chi connectivity index (χ2n) is 6.31. The van der Waals surface area contributed by atoms with Crippen LogP contribution in [0.2, 0.25) is 0 Å². The molecule has 0 amide bonds. The first-order valence-corrected chi connectivity index (χ1v) is 8.59. The van der Waals surface area contributed by atoms with E-state index in [0.29, 0.717) is 25.2 Å². The summed E-state index contributed by atoms with van der Waals surface area (Å²) in [5.74, 6) is 0.584. The maximum atomic E-state index is 12.2. The Morgan fingerprint density at radius 1 is 1.32 bits per heavy atom. The molecule has 130 valence electrons. The molecule has 1 fully saturated rings. The number of esters is 1. The number of hydrogen-bond donors (Lipinski definition) is 2. The fraction of sp³-hybridized carbons (Fsp3) is 0.389. The molecule has 1 aliphatic rings. The standard InChI is InChI=1S/C18H20N4O3/c1-2-25-18(24)11-7-9-22(10-8-11)16-14-12-5-3-4-6-13(12)19-15(14)17(23)21-20-16/h3-6,11,19H,2,7-10H2,1H3,(H,21,23). The van der Waals surface area contributed by atoms with Crippen LogP contribution in [0.25, 0.3) is 21.8 Å². The van der Waals surface area contributed by atoms with Gasteiger partial charge < -0.3 is 14.6 Å². The molecule has 0 radical (unpaired) electrons. The van der Waals surface area contributed by atoms with Crippen LogP contribution in [0.4, 0.5) is 5.82 Å². The van der Waals surface area contributed by atoms with Crippen molar-refractivity contribution >= 4 is 33.6 Å². The molecule has 3 aromatic rings. The van der Waals surface area contributed by atoms with Crippen molar-refractivity contribution in [2.75, 3.05) is 24.6 Å². The van der Waals surface area contributed by atoms with Crippen LogP contribution in [-0.4, -0.2) is 40.8 Å². The summed E-state index contributed by atoms with van der Waals surface area (Å²) < 4.78 is 5.13. The minimum Gasteiger partial charge on any atom is -0.466 e. The van der Waals surface area contributed by atoms with Gasteiger partial charge in [0.05, 0.1) is 17.9 Å². The molecule has 2 aromatic heterocycles. The molecule has 0 spiro atoms. The van der Waals surface area contributed by atoms with E-state index < -0.39 is 0 Å². The Labute approximate surface area is 144 Å². The molecule has 0 bridgehead atoms. The number of H-pyrrole nitrogens is 2. The van der Waals surface area contributed by atoms with Crippen LogP contribution < -0.4 is 10.5 Å². The maximum Gasteiger partial charge on any atom is 0.309 e. The van der Waals surface area contributed by atoms with Crippen molar-refractivity contribution in [2.24, 2.45) is 5.92 Å². The number of anilines is 1. The predicted octanol–water partition coefficient (Wildman–Crippen LogP) is 2.18. The summed E-state index contributed by atoms with van der Waals surface area (Å²) in [6, 6.07) is 7.83. The molecular formula is C18H20N4O3. The lowest BCUT2D eigenvalue weighted by Crippen LogP contribution is -2.38. The normalized spacial score (nSPS) is 15.8. The average molecular weight is 340 g/mol. The van der Waals surface area contributed by atoms with Gasteiger partial charge in [-0.1, -0.05) is 18.2 Å². The molecular weight excluding hydrogens is 320 g/mol. The van der Waals surface area contributed by atoms with Gasteiger partial charge in [-0.2, -0.15) is 5.10 Å². The van der Waals surface area contributed by atoms with Gasteiger partial charge in [-0.25, -0.2) is 5.10 Å². The fourth-order valence-electron chi connectivity index (χ4n) is 3.58. The smallest absolute Gasteiger partial charge is 0.309 e. The zero-order chi connectivity index (χ0) is 17.4. The van der Waals surface area contributed by atoms with Crippen LogP contribution in [0, 0.1) is 5.92 Å². The summed E-state index contributed by atoms with van der Waals surface area (Å²) in [7, 11) is 0. The molecule has 7 nitrogen and oxygen atoms in total. The number of carbonyl (C=O) groups is 1. The molecule has 1 aliphatic heterocycles. The first kappa shape index (κ1) is 15.7. The Morgan fingerprint density at radius 3 is 2.84 bits per heavy atom. The lowest BCUT2D eigenvalue weighted by atomic mass is 9.97. The van der Waals surface area contributed by atoms with Crippen molar-refractivity contribution in [2.45, 2.75) is 19.8 Å². The topological polar surface area (TPSA) is 91.1 Å². The van der Waals surface area contributed by atoms with Crippen molar-refractivity contribution in [3.8, 4) is 0 Å². The van der Waals surface area contributed by atoms with Crippen LogP contribution >= 0.6 is 0 Å². The molecule has 1 saturated heterocycles. The van der Waals surface area contributed by atoms with Crippen LogP contribution in [-0.2, 0) is 9.53 Å². The van der Waals surface area contributed by atoms with Gasteiger partial charge in [-0.3, -0.25) is 9.59 Å². The number of aromatic nitrogens is 3. The molecule has 7 heteroatoms. The largest absolute Gasteiger partial charge is 0.466 e. The van der Waals surface area contributed by atoms with Crippen molar-refractivity contribution in [3.63, 3.8) is 0 Å². The number of rotatable bonds is 3. The van der Waals surface area contributed by atoms with E-state index in [4.69, 9.17) is 4.74 Å². The SMILES string of the molecule is CCOC(=O)C1CCN(c2n[nH]c(=O)c3[nH]c4ccccc4c23)CC1. The third kappa shape index (κ3) is 2.65. The highest BCUT2D eigenvalue weighted by atomic mass is 16.5. The number of carbonyl (C=O) groups excluding carboxylic acids is 1. The molecule has 4 rings (SSSR count). The number of nitrogens with one attached hydrogen (secondary N) is 2. The van der Waals surface area contributed by atoms with E-state index in [1.807, 2.05) is 31.2 Å². The minimum atomic E-state index is -0.226. The van der Waals surface area contributed by atoms with Crippen LogP contribution in [0.5, 0.6) is 0 Å². The highest BCUT2D eigenvalue weighted by Gasteiger charge is 2.28. The monoisotopic (exact) mass is 340 g/mol. The van der Waals surface area contributed by atoms with Crippen molar-refractivity contribution in [1.82, 2.24) is 15.2 Å². The molecule has 0 saturated carbocycles.